The first kappa shape index (κ1) is 17.5. The van der Waals surface area contributed by atoms with Crippen LogP contribution in [0.3, 0.4) is 0 Å². The summed E-state index contributed by atoms with van der Waals surface area (Å²) in [6, 6.07) is 11.1. The lowest BCUT2D eigenvalue weighted by atomic mass is 10.2. The Morgan fingerprint density at radius 2 is 2.04 bits per heavy atom. The minimum Gasteiger partial charge on any atom is -0.350 e. The summed E-state index contributed by atoms with van der Waals surface area (Å²) in [6.45, 7) is 0.155. The molecule has 2 heterocycles. The van der Waals surface area contributed by atoms with Gasteiger partial charge in [0.25, 0.3) is 0 Å². The fourth-order valence-corrected chi connectivity index (χ4v) is 3.11. The Bertz CT molecular complexity index is 1020. The topological polar surface area (TPSA) is 81.8 Å². The third-order valence-corrected chi connectivity index (χ3v) is 4.80. The monoisotopic (exact) mass is 383 g/mol. The number of hydrogen-bond acceptors (Lipinski definition) is 4. The second-order valence-electron chi connectivity index (χ2n) is 6.47. The van der Waals surface area contributed by atoms with Crippen LogP contribution in [-0.4, -0.2) is 25.2 Å². The van der Waals surface area contributed by atoms with Crippen LogP contribution in [-0.2, 0) is 17.9 Å². The molecule has 1 aliphatic rings. The highest BCUT2D eigenvalue weighted by Gasteiger charge is 2.30. The van der Waals surface area contributed by atoms with Crippen molar-refractivity contribution in [3.63, 3.8) is 0 Å². The van der Waals surface area contributed by atoms with Crippen molar-refractivity contribution in [3.05, 3.63) is 69.9 Å². The van der Waals surface area contributed by atoms with Gasteiger partial charge >= 0.3 is 5.69 Å². The summed E-state index contributed by atoms with van der Waals surface area (Å²) in [5.74, 6) is 0.254. The maximum atomic E-state index is 12.8. The number of hydrogen-bond donors (Lipinski definition) is 1. The molecule has 0 atom stereocenters. The first-order valence-electron chi connectivity index (χ1n) is 8.73. The normalized spacial score (nSPS) is 13.5. The number of benzene rings is 1. The van der Waals surface area contributed by atoms with Crippen molar-refractivity contribution in [2.45, 2.75) is 32.0 Å². The maximum Gasteiger partial charge on any atom is 0.346 e. The van der Waals surface area contributed by atoms with Gasteiger partial charge in [0.2, 0.25) is 5.91 Å². The standard InChI is InChI=1S/C19H18ClN5O2/c20-16-6-2-1-4-13(16)11-22-17(26)12-24-19(27)25(15-7-8-15)18(23-24)14-5-3-9-21-10-14/h1-6,9-10,15H,7-8,11-12H2,(H,22,26). The highest BCUT2D eigenvalue weighted by Crippen LogP contribution is 2.36. The molecule has 0 radical (unpaired) electrons. The maximum absolute atomic E-state index is 12.8. The second kappa shape index (κ2) is 7.36. The summed E-state index contributed by atoms with van der Waals surface area (Å²) in [6.07, 6.45) is 5.22. The highest BCUT2D eigenvalue weighted by atomic mass is 35.5. The van der Waals surface area contributed by atoms with E-state index in [4.69, 9.17) is 11.6 Å². The van der Waals surface area contributed by atoms with Crippen LogP contribution in [0.15, 0.2) is 53.6 Å². The summed E-state index contributed by atoms with van der Waals surface area (Å²) < 4.78 is 2.88. The van der Waals surface area contributed by atoms with Crippen molar-refractivity contribution < 1.29 is 4.79 Å². The van der Waals surface area contributed by atoms with Gasteiger partial charge in [-0.15, -0.1) is 5.10 Å². The van der Waals surface area contributed by atoms with Gasteiger partial charge in [0.1, 0.15) is 6.54 Å². The van der Waals surface area contributed by atoms with Gasteiger partial charge in [0.15, 0.2) is 5.82 Å². The van der Waals surface area contributed by atoms with E-state index < -0.39 is 0 Å². The van der Waals surface area contributed by atoms with Gasteiger partial charge in [-0.25, -0.2) is 9.48 Å². The molecular formula is C19H18ClN5O2. The lowest BCUT2D eigenvalue weighted by Gasteiger charge is -2.06. The Labute approximate surface area is 160 Å². The molecule has 138 valence electrons. The van der Waals surface area contributed by atoms with Crippen molar-refractivity contribution in [3.8, 4) is 11.4 Å². The second-order valence-corrected chi connectivity index (χ2v) is 6.88. The van der Waals surface area contributed by atoms with E-state index in [-0.39, 0.29) is 24.2 Å². The molecule has 27 heavy (non-hydrogen) atoms. The smallest absolute Gasteiger partial charge is 0.346 e. The average Bonchev–Trinajstić information content (AvgIpc) is 3.47. The van der Waals surface area contributed by atoms with Gasteiger partial charge in [-0.2, -0.15) is 0 Å². The molecule has 3 aromatic rings. The van der Waals surface area contributed by atoms with Crippen LogP contribution in [0, 0.1) is 0 Å². The molecule has 1 aliphatic carbocycles. The Balaban J connectivity index is 1.53. The van der Waals surface area contributed by atoms with Crippen LogP contribution >= 0.6 is 11.6 Å². The lowest BCUT2D eigenvalue weighted by molar-refractivity contribution is -0.122. The molecule has 2 aromatic heterocycles. The van der Waals surface area contributed by atoms with Crippen LogP contribution in [0.25, 0.3) is 11.4 Å². The molecule has 4 rings (SSSR count). The Kier molecular flexibility index (Phi) is 4.77. The zero-order valence-corrected chi connectivity index (χ0v) is 15.3. The first-order chi connectivity index (χ1) is 13.1. The van der Waals surface area contributed by atoms with Crippen molar-refractivity contribution in [1.82, 2.24) is 24.6 Å². The fraction of sp³-hybridized carbons (Fsp3) is 0.263. The number of halogens is 1. The lowest BCUT2D eigenvalue weighted by Crippen LogP contribution is -2.33. The van der Waals surface area contributed by atoms with E-state index in [1.807, 2.05) is 24.3 Å². The first-order valence-corrected chi connectivity index (χ1v) is 9.11. The Morgan fingerprint density at radius 3 is 2.74 bits per heavy atom. The van der Waals surface area contributed by atoms with Crippen molar-refractivity contribution in [1.29, 1.82) is 0 Å². The number of carbonyl (C=O) groups is 1. The van der Waals surface area contributed by atoms with Gasteiger partial charge in [-0.05, 0) is 36.6 Å². The molecular weight excluding hydrogens is 366 g/mol. The van der Waals surface area contributed by atoms with E-state index in [0.29, 0.717) is 17.4 Å². The third kappa shape index (κ3) is 3.78. The van der Waals surface area contributed by atoms with E-state index in [1.54, 1.807) is 29.1 Å². The predicted octanol–water partition coefficient (Wildman–Crippen LogP) is 2.41. The third-order valence-electron chi connectivity index (χ3n) is 4.43. The summed E-state index contributed by atoms with van der Waals surface area (Å²) in [5, 5.41) is 7.77. The van der Waals surface area contributed by atoms with Crippen LogP contribution in [0.4, 0.5) is 0 Å². The molecule has 0 aliphatic heterocycles. The summed E-state index contributed by atoms with van der Waals surface area (Å²) >= 11 is 6.10. The van der Waals surface area contributed by atoms with Gasteiger partial charge in [-0.3, -0.25) is 14.3 Å². The molecule has 1 amide bonds. The molecule has 0 bridgehead atoms. The van der Waals surface area contributed by atoms with E-state index in [1.165, 1.54) is 4.68 Å². The summed E-state index contributed by atoms with van der Waals surface area (Å²) in [5.41, 5.74) is 1.31. The van der Waals surface area contributed by atoms with Crippen molar-refractivity contribution in [2.24, 2.45) is 0 Å². The van der Waals surface area contributed by atoms with E-state index >= 15 is 0 Å². The molecule has 7 nitrogen and oxygen atoms in total. The number of nitrogens with one attached hydrogen (secondary N) is 1. The highest BCUT2D eigenvalue weighted by molar-refractivity contribution is 6.31. The summed E-state index contributed by atoms with van der Waals surface area (Å²) in [7, 11) is 0. The van der Waals surface area contributed by atoms with Gasteiger partial charge < -0.3 is 5.32 Å². The number of pyridine rings is 1. The number of rotatable bonds is 6. The molecule has 1 fully saturated rings. The minimum absolute atomic E-state index is 0.143. The van der Waals surface area contributed by atoms with Crippen LogP contribution in [0.1, 0.15) is 24.4 Å². The fourth-order valence-electron chi connectivity index (χ4n) is 2.90. The van der Waals surface area contributed by atoms with E-state index in [0.717, 1.165) is 24.0 Å². The zero-order chi connectivity index (χ0) is 18.8. The predicted molar refractivity (Wildman–Crippen MR) is 101 cm³/mol. The molecule has 0 spiro atoms. The number of carbonyl (C=O) groups excluding carboxylic acids is 1. The SMILES string of the molecule is O=C(Cn1nc(-c2cccnc2)n(C2CC2)c1=O)NCc1ccccc1Cl. The Hall–Kier alpha value is -2.93. The summed E-state index contributed by atoms with van der Waals surface area (Å²) in [4.78, 5) is 29.2. The molecule has 0 unspecified atom stereocenters. The largest absolute Gasteiger partial charge is 0.350 e. The van der Waals surface area contributed by atoms with E-state index in [2.05, 4.69) is 15.4 Å². The zero-order valence-electron chi connectivity index (χ0n) is 14.5. The Morgan fingerprint density at radius 1 is 1.22 bits per heavy atom. The van der Waals surface area contributed by atoms with Gasteiger partial charge in [0.05, 0.1) is 0 Å². The quantitative estimate of drug-likeness (QED) is 0.708. The molecule has 1 saturated carbocycles. The number of nitrogens with zero attached hydrogens (tertiary/aromatic N) is 4. The number of aromatic nitrogens is 4. The van der Waals surface area contributed by atoms with Gasteiger partial charge in [-0.1, -0.05) is 29.8 Å². The molecule has 0 saturated heterocycles. The number of amides is 1. The van der Waals surface area contributed by atoms with Crippen LogP contribution < -0.4 is 11.0 Å². The molecule has 1 N–H and O–H groups in total. The van der Waals surface area contributed by atoms with Crippen molar-refractivity contribution >= 4 is 17.5 Å². The molecule has 1 aromatic carbocycles. The van der Waals surface area contributed by atoms with Crippen LogP contribution in [0.2, 0.25) is 5.02 Å². The molecule has 8 heteroatoms. The van der Waals surface area contributed by atoms with Crippen LogP contribution in [0.5, 0.6) is 0 Å². The van der Waals surface area contributed by atoms with Gasteiger partial charge in [0, 0.05) is 35.6 Å². The van der Waals surface area contributed by atoms with Crippen molar-refractivity contribution in [2.75, 3.05) is 0 Å². The minimum atomic E-state index is -0.296. The average molecular weight is 384 g/mol. The van der Waals surface area contributed by atoms with E-state index in [9.17, 15) is 9.59 Å².